The molecule has 1 aliphatic carbocycles. The van der Waals surface area contributed by atoms with E-state index in [0.29, 0.717) is 12.6 Å². The lowest BCUT2D eigenvalue weighted by Gasteiger charge is -2.18. The van der Waals surface area contributed by atoms with Crippen LogP contribution in [0.2, 0.25) is 0 Å². The molecule has 2 N–H and O–H groups in total. The first-order chi connectivity index (χ1) is 11.2. The Morgan fingerprint density at radius 3 is 2.78 bits per heavy atom. The molecule has 2 atom stereocenters. The van der Waals surface area contributed by atoms with Crippen molar-refractivity contribution >= 4 is 6.08 Å². The normalized spacial score (nSPS) is 15.9. The Hall–Kier alpha value is -1.90. The fourth-order valence-corrected chi connectivity index (χ4v) is 3.13. The zero-order valence-corrected chi connectivity index (χ0v) is 13.7. The predicted octanol–water partition coefficient (Wildman–Crippen LogP) is 3.90. The van der Waals surface area contributed by atoms with E-state index in [1.807, 2.05) is 30.3 Å². The standard InChI is InChI=1S/C21H25NO/c1-16(22-15-21(23)19-8-3-2-4-9-19)13-17-11-12-18-7-5-6-10-20(18)14-17/h2-4,6,8-12,14,16,21-23H,5,7,13,15H2,1H3. The van der Waals surface area contributed by atoms with Crippen LogP contribution < -0.4 is 5.32 Å². The Morgan fingerprint density at radius 1 is 1.13 bits per heavy atom. The molecule has 0 fully saturated rings. The van der Waals surface area contributed by atoms with Crippen LogP contribution in [-0.2, 0) is 12.8 Å². The largest absolute Gasteiger partial charge is 0.387 e. The van der Waals surface area contributed by atoms with E-state index in [4.69, 9.17) is 0 Å². The van der Waals surface area contributed by atoms with Gasteiger partial charge in [0, 0.05) is 12.6 Å². The van der Waals surface area contributed by atoms with E-state index in [2.05, 4.69) is 42.6 Å². The van der Waals surface area contributed by atoms with Gasteiger partial charge in [-0.05, 0) is 48.4 Å². The van der Waals surface area contributed by atoms with Crippen LogP contribution >= 0.6 is 0 Å². The number of nitrogens with one attached hydrogen (secondary N) is 1. The second-order valence-electron chi connectivity index (χ2n) is 6.41. The summed E-state index contributed by atoms with van der Waals surface area (Å²) in [5.41, 5.74) is 5.14. The van der Waals surface area contributed by atoms with E-state index in [-0.39, 0.29) is 0 Å². The molecule has 0 saturated carbocycles. The molecule has 23 heavy (non-hydrogen) atoms. The van der Waals surface area contributed by atoms with Gasteiger partial charge < -0.3 is 10.4 Å². The molecule has 0 saturated heterocycles. The third kappa shape index (κ3) is 4.31. The minimum absolute atomic E-state index is 0.332. The average Bonchev–Trinajstić information content (AvgIpc) is 2.60. The molecule has 3 rings (SSSR count). The van der Waals surface area contributed by atoms with Crippen LogP contribution in [0.4, 0.5) is 0 Å². The van der Waals surface area contributed by atoms with Crippen molar-refractivity contribution in [2.45, 2.75) is 38.3 Å². The third-order valence-electron chi connectivity index (χ3n) is 4.47. The maximum absolute atomic E-state index is 10.2. The van der Waals surface area contributed by atoms with Gasteiger partial charge in [-0.1, -0.05) is 60.7 Å². The topological polar surface area (TPSA) is 32.3 Å². The van der Waals surface area contributed by atoms with E-state index in [1.165, 1.54) is 16.7 Å². The lowest BCUT2D eigenvalue weighted by Crippen LogP contribution is -2.32. The van der Waals surface area contributed by atoms with Crippen molar-refractivity contribution in [3.63, 3.8) is 0 Å². The van der Waals surface area contributed by atoms with Crippen LogP contribution in [0, 0.1) is 0 Å². The molecular formula is C21H25NO. The highest BCUT2D eigenvalue weighted by Gasteiger charge is 2.11. The summed E-state index contributed by atoms with van der Waals surface area (Å²) in [5, 5.41) is 13.7. The molecule has 0 aromatic heterocycles. The number of benzene rings is 2. The van der Waals surface area contributed by atoms with E-state index >= 15 is 0 Å². The van der Waals surface area contributed by atoms with Crippen LogP contribution in [0.15, 0.2) is 54.6 Å². The van der Waals surface area contributed by atoms with E-state index in [0.717, 1.165) is 24.8 Å². The molecule has 0 spiro atoms. The summed E-state index contributed by atoms with van der Waals surface area (Å²) in [6, 6.07) is 17.0. The highest BCUT2D eigenvalue weighted by Crippen LogP contribution is 2.21. The minimum Gasteiger partial charge on any atom is -0.387 e. The van der Waals surface area contributed by atoms with Gasteiger partial charge in [-0.2, -0.15) is 0 Å². The van der Waals surface area contributed by atoms with Gasteiger partial charge in [0.25, 0.3) is 0 Å². The van der Waals surface area contributed by atoms with Crippen LogP contribution in [0.1, 0.15) is 41.7 Å². The summed E-state index contributed by atoms with van der Waals surface area (Å²) in [4.78, 5) is 0. The number of rotatable bonds is 6. The lowest BCUT2D eigenvalue weighted by molar-refractivity contribution is 0.170. The number of aliphatic hydroxyl groups excluding tert-OH is 1. The summed E-state index contributed by atoms with van der Waals surface area (Å²) in [5.74, 6) is 0. The molecule has 2 heteroatoms. The summed E-state index contributed by atoms with van der Waals surface area (Å²) in [6.07, 6.45) is 7.32. The highest BCUT2D eigenvalue weighted by atomic mass is 16.3. The quantitative estimate of drug-likeness (QED) is 0.848. The smallest absolute Gasteiger partial charge is 0.0914 e. The van der Waals surface area contributed by atoms with Crippen molar-refractivity contribution in [1.82, 2.24) is 5.32 Å². The summed E-state index contributed by atoms with van der Waals surface area (Å²) < 4.78 is 0. The average molecular weight is 307 g/mol. The zero-order chi connectivity index (χ0) is 16.1. The zero-order valence-electron chi connectivity index (χ0n) is 13.7. The van der Waals surface area contributed by atoms with E-state index < -0.39 is 6.10 Å². The third-order valence-corrected chi connectivity index (χ3v) is 4.47. The molecule has 0 amide bonds. The molecule has 2 aromatic rings. The van der Waals surface area contributed by atoms with Crippen LogP contribution in [0.5, 0.6) is 0 Å². The van der Waals surface area contributed by atoms with Crippen LogP contribution in [-0.4, -0.2) is 17.7 Å². The SMILES string of the molecule is CC(Cc1ccc2c(c1)C=CCC2)NCC(O)c1ccccc1. The fourth-order valence-electron chi connectivity index (χ4n) is 3.13. The number of aryl methyl sites for hydroxylation is 1. The number of fused-ring (bicyclic) bond motifs is 1. The Labute approximate surface area is 138 Å². The van der Waals surface area contributed by atoms with Crippen molar-refractivity contribution in [2.24, 2.45) is 0 Å². The van der Waals surface area contributed by atoms with Gasteiger partial charge in [0.05, 0.1) is 6.10 Å². The van der Waals surface area contributed by atoms with Gasteiger partial charge in [-0.3, -0.25) is 0 Å². The monoisotopic (exact) mass is 307 g/mol. The molecule has 2 unspecified atom stereocenters. The first-order valence-electron chi connectivity index (χ1n) is 8.47. The van der Waals surface area contributed by atoms with Crippen LogP contribution in [0.3, 0.4) is 0 Å². The number of aliphatic hydroxyl groups is 1. The van der Waals surface area contributed by atoms with Gasteiger partial charge >= 0.3 is 0 Å². The Balaban J connectivity index is 1.53. The van der Waals surface area contributed by atoms with Crippen molar-refractivity contribution in [2.75, 3.05) is 6.54 Å². The maximum atomic E-state index is 10.2. The minimum atomic E-state index is -0.454. The second kappa shape index (κ2) is 7.58. The van der Waals surface area contributed by atoms with Crippen molar-refractivity contribution < 1.29 is 5.11 Å². The van der Waals surface area contributed by atoms with E-state index in [1.54, 1.807) is 0 Å². The Morgan fingerprint density at radius 2 is 1.96 bits per heavy atom. The molecule has 2 aromatic carbocycles. The molecule has 1 aliphatic rings. The summed E-state index contributed by atoms with van der Waals surface area (Å²) >= 11 is 0. The van der Waals surface area contributed by atoms with Crippen LogP contribution in [0.25, 0.3) is 6.08 Å². The lowest BCUT2D eigenvalue weighted by atomic mass is 9.94. The number of hydrogen-bond donors (Lipinski definition) is 2. The number of allylic oxidation sites excluding steroid dienone is 1. The number of hydrogen-bond acceptors (Lipinski definition) is 2. The molecule has 2 nitrogen and oxygen atoms in total. The molecular weight excluding hydrogens is 282 g/mol. The van der Waals surface area contributed by atoms with Gasteiger partial charge in [0.1, 0.15) is 0 Å². The summed E-state index contributed by atoms with van der Waals surface area (Å²) in [6.45, 7) is 2.75. The maximum Gasteiger partial charge on any atom is 0.0914 e. The van der Waals surface area contributed by atoms with Crippen molar-refractivity contribution in [1.29, 1.82) is 0 Å². The van der Waals surface area contributed by atoms with Gasteiger partial charge in [-0.15, -0.1) is 0 Å². The predicted molar refractivity (Wildman–Crippen MR) is 96.4 cm³/mol. The van der Waals surface area contributed by atoms with Crippen molar-refractivity contribution in [3.05, 3.63) is 76.9 Å². The second-order valence-corrected chi connectivity index (χ2v) is 6.41. The fraction of sp³-hybridized carbons (Fsp3) is 0.333. The molecule has 0 heterocycles. The van der Waals surface area contributed by atoms with Crippen molar-refractivity contribution in [3.8, 4) is 0 Å². The van der Waals surface area contributed by atoms with Gasteiger partial charge in [0.15, 0.2) is 0 Å². The molecule has 120 valence electrons. The Kier molecular flexibility index (Phi) is 5.27. The van der Waals surface area contributed by atoms with Gasteiger partial charge in [0.2, 0.25) is 0 Å². The first kappa shape index (κ1) is 16.0. The summed E-state index contributed by atoms with van der Waals surface area (Å²) in [7, 11) is 0. The highest BCUT2D eigenvalue weighted by molar-refractivity contribution is 5.57. The Bertz CT molecular complexity index is 663. The molecule has 0 bridgehead atoms. The van der Waals surface area contributed by atoms with E-state index in [9.17, 15) is 5.11 Å². The molecule has 0 aliphatic heterocycles. The molecule has 0 radical (unpaired) electrons. The van der Waals surface area contributed by atoms with Gasteiger partial charge in [-0.25, -0.2) is 0 Å². The first-order valence-corrected chi connectivity index (χ1v) is 8.47.